The van der Waals surface area contributed by atoms with Gasteiger partial charge in [0.15, 0.2) is 0 Å². The number of hydrogen-bond acceptors (Lipinski definition) is 3. The molecule has 0 aliphatic heterocycles. The molecule has 0 saturated heterocycles. The van der Waals surface area contributed by atoms with Crippen LogP contribution in [0.4, 0.5) is 0 Å². The first-order valence-electron chi connectivity index (χ1n) is 9.36. The van der Waals surface area contributed by atoms with Crippen molar-refractivity contribution < 1.29 is 9.21 Å². The van der Waals surface area contributed by atoms with E-state index in [1.165, 1.54) is 6.26 Å². The van der Waals surface area contributed by atoms with E-state index >= 15 is 0 Å². The van der Waals surface area contributed by atoms with E-state index in [4.69, 9.17) is 4.42 Å². The molecule has 0 atom stereocenters. The SMILES string of the molecule is Cc1occc1C(=O)N/N=C(/c1ccccc1)c1ccc(-c2ccccc2)cc1. The number of hydrogen-bond donors (Lipinski definition) is 1. The molecule has 0 aliphatic rings. The third-order valence-electron chi connectivity index (χ3n) is 4.69. The van der Waals surface area contributed by atoms with Gasteiger partial charge in [0.05, 0.1) is 17.5 Å². The molecular formula is C25H20N2O2. The fraction of sp³-hybridized carbons (Fsp3) is 0.0400. The van der Waals surface area contributed by atoms with Crippen molar-refractivity contribution in [3.8, 4) is 11.1 Å². The summed E-state index contributed by atoms with van der Waals surface area (Å²) in [7, 11) is 0. The Bertz CT molecular complexity index is 1130. The van der Waals surface area contributed by atoms with Crippen molar-refractivity contribution in [2.24, 2.45) is 5.10 Å². The lowest BCUT2D eigenvalue weighted by atomic mass is 9.99. The molecular weight excluding hydrogens is 360 g/mol. The molecule has 0 unspecified atom stereocenters. The normalized spacial score (nSPS) is 11.3. The average Bonchev–Trinajstić information content (AvgIpc) is 3.21. The summed E-state index contributed by atoms with van der Waals surface area (Å²) < 4.78 is 5.21. The van der Waals surface area contributed by atoms with Gasteiger partial charge in [0, 0.05) is 11.1 Å². The Morgan fingerprint density at radius 3 is 1.97 bits per heavy atom. The molecule has 0 radical (unpaired) electrons. The van der Waals surface area contributed by atoms with Gasteiger partial charge in [-0.3, -0.25) is 4.79 Å². The molecule has 29 heavy (non-hydrogen) atoms. The van der Waals surface area contributed by atoms with Crippen molar-refractivity contribution in [1.29, 1.82) is 0 Å². The third kappa shape index (κ3) is 4.17. The van der Waals surface area contributed by atoms with E-state index in [0.29, 0.717) is 17.0 Å². The highest BCUT2D eigenvalue weighted by Crippen LogP contribution is 2.21. The molecule has 3 aromatic carbocycles. The molecule has 1 heterocycles. The fourth-order valence-corrected chi connectivity index (χ4v) is 3.13. The molecule has 0 bridgehead atoms. The van der Waals surface area contributed by atoms with Crippen molar-refractivity contribution in [1.82, 2.24) is 5.43 Å². The van der Waals surface area contributed by atoms with Gasteiger partial charge in [-0.1, -0.05) is 84.9 Å². The number of amides is 1. The van der Waals surface area contributed by atoms with E-state index in [0.717, 1.165) is 22.3 Å². The molecule has 4 aromatic rings. The van der Waals surface area contributed by atoms with Crippen LogP contribution in [0.3, 0.4) is 0 Å². The van der Waals surface area contributed by atoms with Crippen molar-refractivity contribution in [3.05, 3.63) is 120 Å². The second kappa shape index (κ2) is 8.40. The fourth-order valence-electron chi connectivity index (χ4n) is 3.13. The van der Waals surface area contributed by atoms with Crippen LogP contribution in [-0.4, -0.2) is 11.6 Å². The summed E-state index contributed by atoms with van der Waals surface area (Å²) in [6.45, 7) is 1.75. The van der Waals surface area contributed by atoms with Crippen LogP contribution < -0.4 is 5.43 Å². The number of carbonyl (C=O) groups is 1. The lowest BCUT2D eigenvalue weighted by Gasteiger charge is -2.09. The van der Waals surface area contributed by atoms with Gasteiger partial charge in [0.2, 0.25) is 0 Å². The average molecular weight is 380 g/mol. The number of furan rings is 1. The Morgan fingerprint density at radius 2 is 1.34 bits per heavy atom. The molecule has 0 fully saturated rings. The van der Waals surface area contributed by atoms with Crippen molar-refractivity contribution in [2.75, 3.05) is 0 Å². The van der Waals surface area contributed by atoms with Crippen LogP contribution in [0.25, 0.3) is 11.1 Å². The molecule has 4 nitrogen and oxygen atoms in total. The van der Waals surface area contributed by atoms with Crippen molar-refractivity contribution in [3.63, 3.8) is 0 Å². The van der Waals surface area contributed by atoms with Crippen molar-refractivity contribution >= 4 is 11.6 Å². The van der Waals surface area contributed by atoms with Crippen LogP contribution in [0.15, 0.2) is 107 Å². The van der Waals surface area contributed by atoms with Crippen LogP contribution in [0.2, 0.25) is 0 Å². The van der Waals surface area contributed by atoms with Gasteiger partial charge >= 0.3 is 0 Å². The maximum Gasteiger partial charge on any atom is 0.274 e. The largest absolute Gasteiger partial charge is 0.469 e. The number of carbonyl (C=O) groups excluding carboxylic acids is 1. The van der Waals surface area contributed by atoms with Gasteiger partial charge in [-0.2, -0.15) is 5.10 Å². The highest BCUT2D eigenvalue weighted by atomic mass is 16.3. The molecule has 0 spiro atoms. The first kappa shape index (κ1) is 18.4. The summed E-state index contributed by atoms with van der Waals surface area (Å²) in [5, 5.41) is 4.44. The van der Waals surface area contributed by atoms with Gasteiger partial charge in [-0.25, -0.2) is 5.43 Å². The molecule has 142 valence electrons. The minimum Gasteiger partial charge on any atom is -0.469 e. The predicted molar refractivity (Wildman–Crippen MR) is 115 cm³/mol. The smallest absolute Gasteiger partial charge is 0.274 e. The molecule has 0 saturated carbocycles. The van der Waals surface area contributed by atoms with E-state index in [-0.39, 0.29) is 5.91 Å². The van der Waals surface area contributed by atoms with E-state index < -0.39 is 0 Å². The monoisotopic (exact) mass is 380 g/mol. The lowest BCUT2D eigenvalue weighted by molar-refractivity contribution is 0.0953. The van der Waals surface area contributed by atoms with Gasteiger partial charge in [-0.15, -0.1) is 0 Å². The molecule has 0 aliphatic carbocycles. The van der Waals surface area contributed by atoms with Crippen LogP contribution in [-0.2, 0) is 0 Å². The minimum atomic E-state index is -0.300. The summed E-state index contributed by atoms with van der Waals surface area (Å²) >= 11 is 0. The van der Waals surface area contributed by atoms with Crippen molar-refractivity contribution in [2.45, 2.75) is 6.92 Å². The number of aryl methyl sites for hydroxylation is 1. The standard InChI is InChI=1S/C25H20N2O2/c1-18-23(16-17-29-18)25(28)27-26-24(21-10-6-3-7-11-21)22-14-12-20(13-15-22)19-8-4-2-5-9-19/h2-17H,1H3,(H,27,28)/b26-24-. The first-order valence-corrected chi connectivity index (χ1v) is 9.36. The van der Waals surface area contributed by atoms with E-state index in [9.17, 15) is 4.79 Å². The Morgan fingerprint density at radius 1 is 0.759 bits per heavy atom. The quantitative estimate of drug-likeness (QED) is 0.370. The zero-order valence-corrected chi connectivity index (χ0v) is 16.0. The Kier molecular flexibility index (Phi) is 5.34. The van der Waals surface area contributed by atoms with Gasteiger partial charge in [0.1, 0.15) is 5.76 Å². The first-order chi connectivity index (χ1) is 14.2. The molecule has 4 heteroatoms. The van der Waals surface area contributed by atoms with Crippen LogP contribution in [0, 0.1) is 6.92 Å². The Hall–Kier alpha value is -3.92. The number of rotatable bonds is 5. The van der Waals surface area contributed by atoms with E-state index in [1.54, 1.807) is 13.0 Å². The second-order valence-electron chi connectivity index (χ2n) is 6.60. The topological polar surface area (TPSA) is 54.6 Å². The zero-order valence-electron chi connectivity index (χ0n) is 16.0. The molecule has 1 aromatic heterocycles. The highest BCUT2D eigenvalue weighted by Gasteiger charge is 2.13. The van der Waals surface area contributed by atoms with Crippen LogP contribution >= 0.6 is 0 Å². The highest BCUT2D eigenvalue weighted by molar-refractivity contribution is 6.13. The Balaban J connectivity index is 1.66. The number of benzene rings is 3. The lowest BCUT2D eigenvalue weighted by Crippen LogP contribution is -2.20. The number of nitrogens with one attached hydrogen (secondary N) is 1. The van der Waals surface area contributed by atoms with E-state index in [2.05, 4.69) is 34.8 Å². The maximum absolute atomic E-state index is 12.5. The minimum absolute atomic E-state index is 0.300. The van der Waals surface area contributed by atoms with Gasteiger partial charge in [-0.05, 0) is 24.1 Å². The summed E-state index contributed by atoms with van der Waals surface area (Å²) in [4.78, 5) is 12.5. The summed E-state index contributed by atoms with van der Waals surface area (Å²) in [5.41, 5.74) is 7.94. The third-order valence-corrected chi connectivity index (χ3v) is 4.69. The van der Waals surface area contributed by atoms with Crippen LogP contribution in [0.5, 0.6) is 0 Å². The number of nitrogens with zero attached hydrogens (tertiary/aromatic N) is 1. The van der Waals surface area contributed by atoms with Gasteiger partial charge < -0.3 is 4.42 Å². The maximum atomic E-state index is 12.5. The molecule has 1 amide bonds. The van der Waals surface area contributed by atoms with Gasteiger partial charge in [0.25, 0.3) is 5.91 Å². The molecule has 1 N–H and O–H groups in total. The molecule has 4 rings (SSSR count). The second-order valence-corrected chi connectivity index (χ2v) is 6.60. The zero-order chi connectivity index (χ0) is 20.1. The Labute approximate surface area is 169 Å². The van der Waals surface area contributed by atoms with Crippen LogP contribution in [0.1, 0.15) is 27.2 Å². The summed E-state index contributed by atoms with van der Waals surface area (Å²) in [6, 6.07) is 29.8. The summed E-state index contributed by atoms with van der Waals surface area (Å²) in [5.74, 6) is 0.261. The number of hydrazone groups is 1. The van der Waals surface area contributed by atoms with E-state index in [1.807, 2.05) is 60.7 Å². The predicted octanol–water partition coefficient (Wildman–Crippen LogP) is 5.44. The summed E-state index contributed by atoms with van der Waals surface area (Å²) in [6.07, 6.45) is 1.49.